The fourth-order valence-corrected chi connectivity index (χ4v) is 2.56. The van der Waals surface area contributed by atoms with Crippen molar-refractivity contribution in [3.63, 3.8) is 0 Å². The van der Waals surface area contributed by atoms with Gasteiger partial charge in [-0.05, 0) is 18.6 Å². The topological polar surface area (TPSA) is 55.4 Å². The van der Waals surface area contributed by atoms with Gasteiger partial charge < -0.3 is 4.74 Å². The van der Waals surface area contributed by atoms with E-state index in [1.54, 1.807) is 19.2 Å². The van der Waals surface area contributed by atoms with Crippen LogP contribution in [0.1, 0.15) is 16.7 Å². The molecule has 22 heavy (non-hydrogen) atoms. The van der Waals surface area contributed by atoms with Crippen molar-refractivity contribution in [3.05, 3.63) is 65.2 Å². The van der Waals surface area contributed by atoms with E-state index in [-0.39, 0.29) is 5.91 Å². The Morgan fingerprint density at radius 3 is 2.18 bits per heavy atom. The van der Waals surface area contributed by atoms with Crippen molar-refractivity contribution in [1.82, 2.24) is 5.32 Å². The van der Waals surface area contributed by atoms with Gasteiger partial charge in [-0.15, -0.1) is 0 Å². The quantitative estimate of drug-likeness (QED) is 0.885. The lowest BCUT2D eigenvalue weighted by molar-refractivity contribution is -0.122. The van der Waals surface area contributed by atoms with Gasteiger partial charge in [0.15, 0.2) is 0 Å². The normalized spacial score (nSPS) is 14.3. The Labute approximate surface area is 128 Å². The maximum absolute atomic E-state index is 12.3. The van der Waals surface area contributed by atoms with Crippen molar-refractivity contribution < 1.29 is 14.3 Å². The second-order valence-electron chi connectivity index (χ2n) is 5.10. The second-order valence-corrected chi connectivity index (χ2v) is 5.10. The number of aryl methyl sites for hydroxylation is 1. The summed E-state index contributed by atoms with van der Waals surface area (Å²) in [5.74, 6) is -0.216. The first kappa shape index (κ1) is 14.1. The van der Waals surface area contributed by atoms with E-state index in [4.69, 9.17) is 4.74 Å². The van der Waals surface area contributed by atoms with Gasteiger partial charge in [0.2, 0.25) is 0 Å². The summed E-state index contributed by atoms with van der Waals surface area (Å²) in [7, 11) is 1.54. The zero-order valence-corrected chi connectivity index (χ0v) is 12.3. The molecule has 110 valence electrons. The molecule has 3 rings (SSSR count). The van der Waals surface area contributed by atoms with E-state index in [0.717, 1.165) is 11.1 Å². The maximum atomic E-state index is 12.3. The summed E-state index contributed by atoms with van der Waals surface area (Å²) >= 11 is 0. The Morgan fingerprint density at radius 2 is 1.50 bits per heavy atom. The third-order valence-electron chi connectivity index (χ3n) is 3.65. The van der Waals surface area contributed by atoms with Crippen LogP contribution in [0.4, 0.5) is 0 Å². The highest BCUT2D eigenvalue weighted by Gasteiger charge is 2.33. The molecule has 4 nitrogen and oxygen atoms in total. The average Bonchev–Trinajstić information content (AvgIpc) is 2.82. The Hall–Kier alpha value is -2.88. The summed E-state index contributed by atoms with van der Waals surface area (Å²) in [4.78, 5) is 24.5. The molecule has 0 unspecified atom stereocenters. The summed E-state index contributed by atoms with van der Waals surface area (Å²) in [6, 6.07) is 14.7. The Morgan fingerprint density at radius 1 is 0.864 bits per heavy atom. The van der Waals surface area contributed by atoms with Gasteiger partial charge in [0.25, 0.3) is 11.8 Å². The highest BCUT2D eigenvalue weighted by molar-refractivity contribution is 6.49. The highest BCUT2D eigenvalue weighted by Crippen LogP contribution is 2.35. The van der Waals surface area contributed by atoms with Gasteiger partial charge in [0.05, 0.1) is 18.3 Å². The number of hydrogen-bond donors (Lipinski definition) is 1. The fourth-order valence-electron chi connectivity index (χ4n) is 2.56. The van der Waals surface area contributed by atoms with Gasteiger partial charge in [-0.3, -0.25) is 14.9 Å². The lowest BCUT2D eigenvalue weighted by Gasteiger charge is -2.09. The number of amides is 2. The van der Waals surface area contributed by atoms with Crippen molar-refractivity contribution in [2.24, 2.45) is 0 Å². The van der Waals surface area contributed by atoms with E-state index in [1.165, 1.54) is 0 Å². The third-order valence-corrected chi connectivity index (χ3v) is 3.65. The molecule has 1 heterocycles. The van der Waals surface area contributed by atoms with Crippen LogP contribution in [0.5, 0.6) is 5.75 Å². The molecular formula is C18H15NO3. The lowest BCUT2D eigenvalue weighted by Crippen LogP contribution is -2.22. The summed E-state index contributed by atoms with van der Waals surface area (Å²) in [6.45, 7) is 1.97. The number of benzene rings is 2. The van der Waals surface area contributed by atoms with Crippen LogP contribution in [0, 0.1) is 6.92 Å². The second kappa shape index (κ2) is 5.48. The minimum absolute atomic E-state index is 0.353. The van der Waals surface area contributed by atoms with E-state index in [1.807, 2.05) is 43.3 Å². The van der Waals surface area contributed by atoms with Crippen LogP contribution in [0.3, 0.4) is 0 Å². The highest BCUT2D eigenvalue weighted by atomic mass is 16.5. The molecule has 2 amide bonds. The first-order valence-electron chi connectivity index (χ1n) is 6.92. The van der Waals surface area contributed by atoms with Crippen LogP contribution in [-0.4, -0.2) is 18.9 Å². The molecule has 0 aromatic heterocycles. The molecule has 0 aliphatic carbocycles. The molecule has 0 atom stereocenters. The first-order chi connectivity index (χ1) is 10.6. The van der Waals surface area contributed by atoms with E-state index < -0.39 is 5.91 Å². The summed E-state index contributed by atoms with van der Waals surface area (Å²) < 4.78 is 5.32. The summed E-state index contributed by atoms with van der Waals surface area (Å²) in [5.41, 5.74) is 3.16. The predicted octanol–water partition coefficient (Wildman–Crippen LogP) is 2.57. The Balaban J connectivity index is 2.25. The Bertz CT molecular complexity index is 788. The molecule has 1 aliphatic heterocycles. The van der Waals surface area contributed by atoms with Gasteiger partial charge in [-0.2, -0.15) is 0 Å². The number of carbonyl (C=O) groups is 2. The number of carbonyl (C=O) groups excluding carboxylic acids is 2. The standard InChI is InChI=1S/C18H15NO3/c1-11-7-9-12(10-8-11)15-16(18(21)19-17(15)20)13-5-3-4-6-14(13)22-2/h3-10H,1-2H3,(H,19,20,21). The Kier molecular flexibility index (Phi) is 3.51. The van der Waals surface area contributed by atoms with Crippen LogP contribution >= 0.6 is 0 Å². The molecule has 0 radical (unpaired) electrons. The molecule has 1 N–H and O–H groups in total. The maximum Gasteiger partial charge on any atom is 0.259 e. The smallest absolute Gasteiger partial charge is 0.259 e. The fraction of sp³-hybridized carbons (Fsp3) is 0.111. The number of hydrogen-bond acceptors (Lipinski definition) is 3. The number of para-hydroxylation sites is 1. The molecule has 0 bridgehead atoms. The van der Waals surface area contributed by atoms with Crippen LogP contribution in [0.25, 0.3) is 11.1 Å². The van der Waals surface area contributed by atoms with Gasteiger partial charge in [-0.1, -0.05) is 48.0 Å². The van der Waals surface area contributed by atoms with Gasteiger partial charge in [0, 0.05) is 5.56 Å². The largest absolute Gasteiger partial charge is 0.496 e. The molecule has 0 saturated carbocycles. The molecule has 4 heteroatoms. The van der Waals surface area contributed by atoms with Crippen LogP contribution in [-0.2, 0) is 9.59 Å². The predicted molar refractivity (Wildman–Crippen MR) is 84.1 cm³/mol. The number of methoxy groups -OCH3 is 1. The molecular weight excluding hydrogens is 278 g/mol. The molecule has 0 spiro atoms. The molecule has 2 aromatic rings. The van der Waals surface area contributed by atoms with Crippen molar-refractivity contribution in [3.8, 4) is 5.75 Å². The zero-order valence-electron chi connectivity index (χ0n) is 12.3. The number of nitrogens with one attached hydrogen (secondary N) is 1. The molecule has 0 saturated heterocycles. The molecule has 1 aliphatic rings. The van der Waals surface area contributed by atoms with Gasteiger partial charge >= 0.3 is 0 Å². The van der Waals surface area contributed by atoms with Gasteiger partial charge in [0.1, 0.15) is 5.75 Å². The molecule has 2 aromatic carbocycles. The third kappa shape index (κ3) is 2.29. The van der Waals surface area contributed by atoms with Crippen LogP contribution in [0.15, 0.2) is 48.5 Å². The number of imide groups is 1. The summed E-state index contributed by atoms with van der Waals surface area (Å²) in [5, 5.41) is 2.37. The summed E-state index contributed by atoms with van der Waals surface area (Å²) in [6.07, 6.45) is 0. The number of rotatable bonds is 3. The van der Waals surface area contributed by atoms with Crippen molar-refractivity contribution in [2.75, 3.05) is 7.11 Å². The van der Waals surface area contributed by atoms with E-state index in [9.17, 15) is 9.59 Å². The van der Waals surface area contributed by atoms with E-state index in [2.05, 4.69) is 5.32 Å². The van der Waals surface area contributed by atoms with Crippen LogP contribution in [0.2, 0.25) is 0 Å². The van der Waals surface area contributed by atoms with E-state index in [0.29, 0.717) is 22.5 Å². The molecule has 0 fully saturated rings. The monoisotopic (exact) mass is 293 g/mol. The SMILES string of the molecule is COc1ccccc1C1=C(c2ccc(C)cc2)C(=O)NC1=O. The van der Waals surface area contributed by atoms with E-state index >= 15 is 0 Å². The van der Waals surface area contributed by atoms with Crippen molar-refractivity contribution >= 4 is 23.0 Å². The minimum atomic E-state index is -0.398. The first-order valence-corrected chi connectivity index (χ1v) is 6.92. The average molecular weight is 293 g/mol. The zero-order chi connectivity index (χ0) is 15.7. The minimum Gasteiger partial charge on any atom is -0.496 e. The van der Waals surface area contributed by atoms with Crippen LogP contribution < -0.4 is 10.1 Å². The van der Waals surface area contributed by atoms with Gasteiger partial charge in [-0.25, -0.2) is 0 Å². The number of ether oxygens (including phenoxy) is 1. The van der Waals surface area contributed by atoms with Crippen molar-refractivity contribution in [1.29, 1.82) is 0 Å². The van der Waals surface area contributed by atoms with Crippen molar-refractivity contribution in [2.45, 2.75) is 6.92 Å². The lowest BCUT2D eigenvalue weighted by atomic mass is 9.95.